The van der Waals surface area contributed by atoms with Gasteiger partial charge in [-0.25, -0.2) is 8.42 Å². The second-order valence-electron chi connectivity index (χ2n) is 4.95. The number of hydrogen-bond acceptors (Lipinski definition) is 4. The maximum atomic E-state index is 12.7. The number of nitrogens with one attached hydrogen (secondary N) is 1. The van der Waals surface area contributed by atoms with Gasteiger partial charge in [0.25, 0.3) is 9.84 Å². The average Bonchev–Trinajstić information content (AvgIpc) is 2.36. The van der Waals surface area contributed by atoms with Gasteiger partial charge >= 0.3 is 5.51 Å². The molecular formula is C13H19F3N2O2S. The van der Waals surface area contributed by atoms with E-state index in [0.29, 0.717) is 13.1 Å². The normalized spacial score (nSPS) is 12.7. The molecule has 0 heterocycles. The second kappa shape index (κ2) is 6.65. The van der Waals surface area contributed by atoms with Gasteiger partial charge in [-0.3, -0.25) is 0 Å². The highest BCUT2D eigenvalue weighted by Gasteiger charge is 2.48. The van der Waals surface area contributed by atoms with Crippen molar-refractivity contribution in [3.63, 3.8) is 0 Å². The Bertz CT molecular complexity index is 571. The van der Waals surface area contributed by atoms with Crippen molar-refractivity contribution in [2.75, 3.05) is 25.0 Å². The summed E-state index contributed by atoms with van der Waals surface area (Å²) >= 11 is 0. The fourth-order valence-corrected chi connectivity index (χ4v) is 2.77. The lowest BCUT2D eigenvalue weighted by molar-refractivity contribution is -0.0435. The Morgan fingerprint density at radius 2 is 1.81 bits per heavy atom. The number of hydrogen-bond donors (Lipinski definition) is 1. The summed E-state index contributed by atoms with van der Waals surface area (Å²) in [7, 11) is -3.79. The first-order valence-electron chi connectivity index (χ1n) is 6.42. The van der Waals surface area contributed by atoms with Crippen molar-refractivity contribution >= 4 is 15.5 Å². The molecule has 0 aromatic heterocycles. The van der Waals surface area contributed by atoms with Crippen molar-refractivity contribution in [3.05, 3.63) is 24.3 Å². The fraction of sp³-hybridized carbons (Fsp3) is 0.538. The minimum atomic E-state index is -5.36. The van der Waals surface area contributed by atoms with Crippen LogP contribution in [-0.2, 0) is 9.84 Å². The van der Waals surface area contributed by atoms with Gasteiger partial charge in [0.15, 0.2) is 0 Å². The summed E-state index contributed by atoms with van der Waals surface area (Å²) in [6.45, 7) is 4.82. The van der Waals surface area contributed by atoms with Crippen LogP contribution < -0.4 is 10.2 Å². The zero-order valence-electron chi connectivity index (χ0n) is 12.1. The smallest absolute Gasteiger partial charge is 0.372 e. The van der Waals surface area contributed by atoms with E-state index in [2.05, 4.69) is 5.32 Å². The lowest BCUT2D eigenvalue weighted by atomic mass is 10.3. The molecule has 1 rings (SSSR count). The number of benzene rings is 1. The van der Waals surface area contributed by atoms with E-state index in [4.69, 9.17) is 0 Å². The third-order valence-electron chi connectivity index (χ3n) is 2.87. The van der Waals surface area contributed by atoms with Gasteiger partial charge in [0.2, 0.25) is 0 Å². The molecule has 4 nitrogen and oxygen atoms in total. The predicted octanol–water partition coefficient (Wildman–Crippen LogP) is 2.41. The van der Waals surface area contributed by atoms with Gasteiger partial charge in [-0.15, -0.1) is 0 Å². The summed E-state index contributed by atoms with van der Waals surface area (Å²) < 4.78 is 61.3. The summed E-state index contributed by atoms with van der Waals surface area (Å²) in [6.07, 6.45) is 0. The molecule has 1 aromatic rings. The van der Waals surface area contributed by atoms with Crippen LogP contribution in [0.25, 0.3) is 0 Å². The Morgan fingerprint density at radius 1 is 1.24 bits per heavy atom. The molecule has 1 aromatic carbocycles. The summed E-state index contributed by atoms with van der Waals surface area (Å²) in [5.74, 6) is 0. The molecule has 120 valence electrons. The minimum absolute atomic E-state index is 0.0420. The van der Waals surface area contributed by atoms with Crippen LogP contribution in [0.3, 0.4) is 0 Å². The van der Waals surface area contributed by atoms with E-state index >= 15 is 0 Å². The molecule has 0 radical (unpaired) electrons. The number of halogens is 3. The van der Waals surface area contributed by atoms with E-state index in [1.165, 1.54) is 23.1 Å². The molecule has 0 atom stereocenters. The van der Waals surface area contributed by atoms with Gasteiger partial charge in [-0.2, -0.15) is 13.2 Å². The van der Waals surface area contributed by atoms with Crippen molar-refractivity contribution < 1.29 is 21.6 Å². The van der Waals surface area contributed by atoms with Crippen LogP contribution in [0.1, 0.15) is 13.8 Å². The van der Waals surface area contributed by atoms with Crippen molar-refractivity contribution in [2.45, 2.75) is 30.3 Å². The molecule has 0 fully saturated rings. The highest BCUT2D eigenvalue weighted by atomic mass is 32.2. The van der Waals surface area contributed by atoms with Crippen molar-refractivity contribution in [1.29, 1.82) is 0 Å². The highest BCUT2D eigenvalue weighted by Crippen LogP contribution is 2.35. The molecule has 0 amide bonds. The van der Waals surface area contributed by atoms with Crippen molar-refractivity contribution in [1.82, 2.24) is 5.32 Å². The zero-order chi connectivity index (χ0) is 16.3. The first-order valence-corrected chi connectivity index (χ1v) is 7.90. The number of anilines is 1. The zero-order valence-corrected chi connectivity index (χ0v) is 12.9. The molecule has 0 saturated carbocycles. The maximum absolute atomic E-state index is 12.7. The Hall–Kier alpha value is -1.28. The topological polar surface area (TPSA) is 49.4 Å². The largest absolute Gasteiger partial charge is 0.501 e. The number of rotatable bonds is 6. The molecule has 0 spiro atoms. The molecule has 1 N–H and O–H groups in total. The van der Waals surface area contributed by atoms with Gasteiger partial charge < -0.3 is 10.2 Å². The summed E-state index contributed by atoms with van der Waals surface area (Å²) in [6, 6.07) is 5.38. The Balaban J connectivity index is 3.05. The Labute approximate surface area is 122 Å². The van der Waals surface area contributed by atoms with Crippen LogP contribution in [0.2, 0.25) is 0 Å². The van der Waals surface area contributed by atoms with Crippen LogP contribution in [-0.4, -0.2) is 40.1 Å². The van der Waals surface area contributed by atoms with Crippen molar-refractivity contribution in [3.8, 4) is 0 Å². The van der Waals surface area contributed by atoms with Gasteiger partial charge in [0.05, 0.1) is 10.6 Å². The van der Waals surface area contributed by atoms with E-state index < -0.39 is 20.2 Å². The third kappa shape index (κ3) is 4.34. The standard InChI is InChI=1S/C13H19F3N2O2S/c1-10(2)17-8-9-18(3)11-6-4-5-7-12(11)21(19,20)13(14,15)16/h4-7,10,17H,8-9H2,1-3H3. The van der Waals surface area contributed by atoms with Crippen LogP contribution in [0.4, 0.5) is 18.9 Å². The first kappa shape index (κ1) is 17.8. The molecule has 0 aliphatic rings. The highest BCUT2D eigenvalue weighted by molar-refractivity contribution is 7.92. The number of likely N-dealkylation sites (N-methyl/N-ethyl adjacent to an activating group) is 1. The molecule has 0 aliphatic heterocycles. The van der Waals surface area contributed by atoms with E-state index in [9.17, 15) is 21.6 Å². The van der Waals surface area contributed by atoms with Crippen LogP contribution in [0.5, 0.6) is 0 Å². The first-order chi connectivity index (χ1) is 9.57. The third-order valence-corrected chi connectivity index (χ3v) is 4.40. The summed E-state index contributed by atoms with van der Waals surface area (Å²) in [4.78, 5) is 0.776. The Morgan fingerprint density at radius 3 is 2.33 bits per heavy atom. The lowest BCUT2D eigenvalue weighted by Gasteiger charge is -2.23. The molecule has 21 heavy (non-hydrogen) atoms. The molecular weight excluding hydrogens is 305 g/mol. The minimum Gasteiger partial charge on any atom is -0.372 e. The number of para-hydroxylation sites is 1. The predicted molar refractivity (Wildman–Crippen MR) is 76.1 cm³/mol. The van der Waals surface area contributed by atoms with E-state index in [-0.39, 0.29) is 11.7 Å². The van der Waals surface area contributed by atoms with Gasteiger partial charge in [-0.05, 0) is 12.1 Å². The quantitative estimate of drug-likeness (QED) is 0.873. The van der Waals surface area contributed by atoms with E-state index in [1.54, 1.807) is 7.05 Å². The van der Waals surface area contributed by atoms with Gasteiger partial charge in [-0.1, -0.05) is 26.0 Å². The maximum Gasteiger partial charge on any atom is 0.501 e. The monoisotopic (exact) mass is 324 g/mol. The molecule has 8 heteroatoms. The van der Waals surface area contributed by atoms with E-state index in [0.717, 1.165) is 6.07 Å². The van der Waals surface area contributed by atoms with Gasteiger partial charge in [0, 0.05) is 26.2 Å². The van der Waals surface area contributed by atoms with Crippen LogP contribution in [0.15, 0.2) is 29.2 Å². The summed E-state index contributed by atoms with van der Waals surface area (Å²) in [5.41, 5.74) is -5.26. The molecule has 0 unspecified atom stereocenters. The number of alkyl halides is 3. The molecule has 0 bridgehead atoms. The second-order valence-corrected chi connectivity index (χ2v) is 6.86. The Kier molecular flexibility index (Phi) is 5.63. The van der Waals surface area contributed by atoms with Crippen LogP contribution in [0, 0.1) is 0 Å². The lowest BCUT2D eigenvalue weighted by Crippen LogP contribution is -2.34. The van der Waals surface area contributed by atoms with Crippen molar-refractivity contribution in [2.24, 2.45) is 0 Å². The number of nitrogens with zero attached hydrogens (tertiary/aromatic N) is 1. The average molecular weight is 324 g/mol. The number of sulfone groups is 1. The van der Waals surface area contributed by atoms with Gasteiger partial charge in [0.1, 0.15) is 0 Å². The SMILES string of the molecule is CC(C)NCCN(C)c1ccccc1S(=O)(=O)C(F)(F)F. The van der Waals surface area contributed by atoms with Crippen LogP contribution >= 0.6 is 0 Å². The van der Waals surface area contributed by atoms with E-state index in [1.807, 2.05) is 13.8 Å². The molecule has 0 aliphatic carbocycles. The fourth-order valence-electron chi connectivity index (χ4n) is 1.77. The molecule has 0 saturated heterocycles. The summed E-state index contributed by atoms with van der Waals surface area (Å²) in [5, 5.41) is 3.12.